The van der Waals surface area contributed by atoms with Crippen molar-refractivity contribution in [3.05, 3.63) is 18.5 Å². The first-order valence-electron chi connectivity index (χ1n) is 9.49. The first-order valence-corrected chi connectivity index (χ1v) is 9.49. The van der Waals surface area contributed by atoms with Crippen LogP contribution < -0.4 is 10.2 Å². The number of piperazine rings is 1. The Balaban J connectivity index is 1.35. The number of hydrogen-bond acceptors (Lipinski definition) is 4. The fraction of sp³-hybridized carbons (Fsp3) is 0.737. The van der Waals surface area contributed by atoms with Crippen molar-refractivity contribution >= 4 is 12.0 Å². The second kappa shape index (κ2) is 5.85. The SMILES string of the molecule is CC1(C)[C@@H]2CC[C@@]1(C)[C@H](NC(=O)N1CCN(c3ncccn3)CC1)C2. The molecular formula is C19H29N5O. The standard InChI is InChI=1S/C19H29N5O/c1-18(2)14-5-6-19(18,3)15(13-14)22-17(25)24-11-9-23(10-12-24)16-20-7-4-8-21-16/h4,7-8,14-15H,5-6,9-13H2,1-3H3,(H,22,25)/t14-,15-,19+/m1/s1. The van der Waals surface area contributed by atoms with Crippen molar-refractivity contribution in [3.8, 4) is 0 Å². The molecule has 136 valence electrons. The Hall–Kier alpha value is -1.85. The number of aromatic nitrogens is 2. The lowest BCUT2D eigenvalue weighted by Crippen LogP contribution is -2.56. The number of rotatable bonds is 2. The molecule has 6 nitrogen and oxygen atoms in total. The zero-order valence-corrected chi connectivity index (χ0v) is 15.5. The molecule has 2 amide bonds. The van der Waals surface area contributed by atoms with Crippen LogP contribution in [0.3, 0.4) is 0 Å². The molecule has 3 aliphatic rings. The zero-order valence-electron chi connectivity index (χ0n) is 15.5. The van der Waals surface area contributed by atoms with Crippen LogP contribution in [0.25, 0.3) is 0 Å². The maximum absolute atomic E-state index is 12.8. The number of nitrogens with zero attached hydrogens (tertiary/aromatic N) is 4. The highest BCUT2D eigenvalue weighted by molar-refractivity contribution is 5.75. The topological polar surface area (TPSA) is 61.4 Å². The summed E-state index contributed by atoms with van der Waals surface area (Å²) in [6.07, 6.45) is 7.20. The minimum Gasteiger partial charge on any atom is -0.337 e. The molecule has 2 bridgehead atoms. The number of hydrogen-bond donors (Lipinski definition) is 1. The lowest BCUT2D eigenvalue weighted by atomic mass is 9.69. The van der Waals surface area contributed by atoms with E-state index in [1.807, 2.05) is 11.0 Å². The van der Waals surface area contributed by atoms with Crippen LogP contribution in [0, 0.1) is 16.7 Å². The lowest BCUT2D eigenvalue weighted by Gasteiger charge is -2.41. The van der Waals surface area contributed by atoms with E-state index in [9.17, 15) is 4.79 Å². The molecule has 2 aliphatic carbocycles. The predicted octanol–water partition coefficient (Wildman–Crippen LogP) is 2.52. The molecule has 1 aliphatic heterocycles. The number of nitrogens with one attached hydrogen (secondary N) is 1. The van der Waals surface area contributed by atoms with Crippen molar-refractivity contribution in [3.63, 3.8) is 0 Å². The Morgan fingerprint density at radius 2 is 1.84 bits per heavy atom. The molecule has 4 rings (SSSR count). The largest absolute Gasteiger partial charge is 0.337 e. The Morgan fingerprint density at radius 1 is 1.16 bits per heavy atom. The lowest BCUT2D eigenvalue weighted by molar-refractivity contribution is 0.117. The molecule has 1 aromatic rings. The Bertz CT molecular complexity index is 640. The summed E-state index contributed by atoms with van der Waals surface area (Å²) >= 11 is 0. The molecule has 1 saturated heterocycles. The Labute approximate surface area is 150 Å². The third kappa shape index (κ3) is 2.57. The van der Waals surface area contributed by atoms with Crippen LogP contribution in [0.5, 0.6) is 0 Å². The van der Waals surface area contributed by atoms with Crippen molar-refractivity contribution < 1.29 is 4.79 Å². The molecule has 0 spiro atoms. The van der Waals surface area contributed by atoms with Crippen LogP contribution in [0.4, 0.5) is 10.7 Å². The summed E-state index contributed by atoms with van der Waals surface area (Å²) in [7, 11) is 0. The normalized spacial score (nSPS) is 33.6. The molecule has 1 N–H and O–H groups in total. The first kappa shape index (κ1) is 16.6. The van der Waals surface area contributed by atoms with E-state index in [0.29, 0.717) is 11.5 Å². The second-order valence-electron chi connectivity index (χ2n) is 8.64. The molecular weight excluding hydrogens is 314 g/mol. The molecule has 2 heterocycles. The molecule has 1 aromatic heterocycles. The van der Waals surface area contributed by atoms with E-state index in [4.69, 9.17) is 0 Å². The van der Waals surface area contributed by atoms with Gasteiger partial charge in [0.2, 0.25) is 5.95 Å². The van der Waals surface area contributed by atoms with E-state index in [2.05, 4.69) is 41.0 Å². The van der Waals surface area contributed by atoms with Crippen molar-refractivity contribution in [2.24, 2.45) is 16.7 Å². The predicted molar refractivity (Wildman–Crippen MR) is 97.4 cm³/mol. The summed E-state index contributed by atoms with van der Waals surface area (Å²) in [6.45, 7) is 10.2. The van der Waals surface area contributed by atoms with Gasteiger partial charge in [0.1, 0.15) is 0 Å². The van der Waals surface area contributed by atoms with E-state index < -0.39 is 0 Å². The molecule has 0 unspecified atom stereocenters. The maximum atomic E-state index is 12.8. The summed E-state index contributed by atoms with van der Waals surface area (Å²) in [5.74, 6) is 1.50. The first-order chi connectivity index (χ1) is 11.9. The van der Waals surface area contributed by atoms with Crippen LogP contribution in [0.1, 0.15) is 40.0 Å². The second-order valence-corrected chi connectivity index (χ2v) is 8.64. The third-order valence-electron chi connectivity index (χ3n) is 7.49. The van der Waals surface area contributed by atoms with E-state index in [1.54, 1.807) is 12.4 Å². The Morgan fingerprint density at radius 3 is 2.40 bits per heavy atom. The van der Waals surface area contributed by atoms with Crippen molar-refractivity contribution in [2.45, 2.75) is 46.1 Å². The quantitative estimate of drug-likeness (QED) is 0.896. The molecule has 0 radical (unpaired) electrons. The molecule has 3 atom stereocenters. The van der Waals surface area contributed by atoms with E-state index >= 15 is 0 Å². The molecule has 6 heteroatoms. The summed E-state index contributed by atoms with van der Waals surface area (Å²) in [6, 6.07) is 2.23. The number of amides is 2. The monoisotopic (exact) mass is 343 g/mol. The van der Waals surface area contributed by atoms with Gasteiger partial charge in [0.15, 0.2) is 0 Å². The average Bonchev–Trinajstić information content (AvgIpc) is 2.96. The van der Waals surface area contributed by atoms with Crippen LogP contribution in [-0.2, 0) is 0 Å². The maximum Gasteiger partial charge on any atom is 0.317 e. The van der Waals surface area contributed by atoms with Gasteiger partial charge in [0.25, 0.3) is 0 Å². The third-order valence-corrected chi connectivity index (χ3v) is 7.49. The molecule has 3 fully saturated rings. The number of carbonyl (C=O) groups excluding carboxylic acids is 1. The summed E-state index contributed by atoms with van der Waals surface area (Å²) in [5.41, 5.74) is 0.557. The minimum atomic E-state index is 0.100. The van der Waals surface area contributed by atoms with Crippen molar-refractivity contribution in [1.82, 2.24) is 20.2 Å². The van der Waals surface area contributed by atoms with E-state index in [-0.39, 0.29) is 11.4 Å². The van der Waals surface area contributed by atoms with Crippen LogP contribution in [0.15, 0.2) is 18.5 Å². The van der Waals surface area contributed by atoms with Gasteiger partial charge in [-0.15, -0.1) is 0 Å². The van der Waals surface area contributed by atoms with Gasteiger partial charge in [-0.3, -0.25) is 0 Å². The van der Waals surface area contributed by atoms with Gasteiger partial charge in [-0.05, 0) is 42.1 Å². The van der Waals surface area contributed by atoms with Gasteiger partial charge in [0.05, 0.1) is 0 Å². The van der Waals surface area contributed by atoms with Gasteiger partial charge in [-0.1, -0.05) is 20.8 Å². The molecule has 25 heavy (non-hydrogen) atoms. The van der Waals surface area contributed by atoms with Crippen LogP contribution in [-0.4, -0.2) is 53.1 Å². The van der Waals surface area contributed by atoms with Gasteiger partial charge < -0.3 is 15.1 Å². The summed E-state index contributed by atoms with van der Waals surface area (Å²) < 4.78 is 0. The highest BCUT2D eigenvalue weighted by atomic mass is 16.2. The van der Waals surface area contributed by atoms with Gasteiger partial charge in [-0.2, -0.15) is 0 Å². The molecule has 0 aromatic carbocycles. The zero-order chi connectivity index (χ0) is 17.7. The fourth-order valence-electron chi connectivity index (χ4n) is 5.23. The minimum absolute atomic E-state index is 0.100. The van der Waals surface area contributed by atoms with E-state index in [1.165, 1.54) is 12.8 Å². The van der Waals surface area contributed by atoms with Crippen LogP contribution in [0.2, 0.25) is 0 Å². The van der Waals surface area contributed by atoms with Crippen molar-refractivity contribution in [1.29, 1.82) is 0 Å². The molecule has 2 saturated carbocycles. The van der Waals surface area contributed by atoms with Gasteiger partial charge in [0, 0.05) is 44.6 Å². The highest BCUT2D eigenvalue weighted by Crippen LogP contribution is 2.65. The number of carbonyl (C=O) groups is 1. The average molecular weight is 343 g/mol. The summed E-state index contributed by atoms with van der Waals surface area (Å²) in [5, 5.41) is 3.37. The smallest absolute Gasteiger partial charge is 0.317 e. The van der Waals surface area contributed by atoms with Crippen LogP contribution >= 0.6 is 0 Å². The van der Waals surface area contributed by atoms with Crippen molar-refractivity contribution in [2.75, 3.05) is 31.1 Å². The highest BCUT2D eigenvalue weighted by Gasteiger charge is 2.61. The number of anilines is 1. The van der Waals surface area contributed by atoms with E-state index in [0.717, 1.165) is 44.5 Å². The summed E-state index contributed by atoms with van der Waals surface area (Å²) in [4.78, 5) is 25.5. The fourth-order valence-corrected chi connectivity index (χ4v) is 5.23. The number of fused-ring (bicyclic) bond motifs is 2. The van der Waals surface area contributed by atoms with Gasteiger partial charge >= 0.3 is 6.03 Å². The Kier molecular flexibility index (Phi) is 3.89. The van der Waals surface area contributed by atoms with Gasteiger partial charge in [-0.25, -0.2) is 14.8 Å². The number of urea groups is 1.